The molecule has 0 fully saturated rings. The molecule has 0 bridgehead atoms. The highest BCUT2D eigenvalue weighted by Crippen LogP contribution is 2.27. The van der Waals surface area contributed by atoms with E-state index in [4.69, 9.17) is 28.4 Å². The van der Waals surface area contributed by atoms with Crippen molar-refractivity contribution in [3.05, 3.63) is 53.6 Å². The Labute approximate surface area is 348 Å². The Kier molecular flexibility index (Phi) is 18.4. The number of hydrogen-bond donors (Lipinski definition) is 3. The summed E-state index contributed by atoms with van der Waals surface area (Å²) in [6, 6.07) is 8.03. The molecule has 332 valence electrons. The molecule has 0 saturated heterocycles. The third-order valence-corrected chi connectivity index (χ3v) is 6.92. The molecular formula is C38H36O24. The summed E-state index contributed by atoms with van der Waals surface area (Å²) in [5.41, 5.74) is 0.285. The fraction of sp³-hybridized carbons (Fsp3) is 0.316. The topological polar surface area (TPSA) is 349 Å². The van der Waals surface area contributed by atoms with Gasteiger partial charge < -0.3 is 58.0 Å². The monoisotopic (exact) mass is 876 g/mol. The molecule has 2 aromatic rings. The van der Waals surface area contributed by atoms with E-state index >= 15 is 0 Å². The van der Waals surface area contributed by atoms with Gasteiger partial charge in [0.15, 0.2) is 0 Å². The Morgan fingerprint density at radius 3 is 0.903 bits per heavy atom. The number of ether oxygens (including phenoxy) is 9. The summed E-state index contributed by atoms with van der Waals surface area (Å²) in [7, 11) is 0. The van der Waals surface area contributed by atoms with Crippen LogP contribution in [0.15, 0.2) is 42.5 Å². The van der Waals surface area contributed by atoms with E-state index in [0.717, 1.165) is 59.7 Å². The molecule has 0 heterocycles. The van der Waals surface area contributed by atoms with E-state index in [1.165, 1.54) is 36.4 Å². The average Bonchev–Trinajstić information content (AvgIpc) is 3.14. The minimum Gasteiger partial charge on any atom is -0.478 e. The lowest BCUT2D eigenvalue weighted by Crippen LogP contribution is -2.47. The number of rotatable bonds is 20. The first-order chi connectivity index (χ1) is 28.9. The van der Waals surface area contributed by atoms with Crippen LogP contribution >= 0.6 is 0 Å². The van der Waals surface area contributed by atoms with Crippen LogP contribution in [0.25, 0.3) is 12.2 Å². The highest BCUT2D eigenvalue weighted by Gasteiger charge is 2.43. The Morgan fingerprint density at radius 1 is 0.371 bits per heavy atom. The van der Waals surface area contributed by atoms with Crippen molar-refractivity contribution >= 4 is 83.8 Å². The van der Waals surface area contributed by atoms with Crippen LogP contribution in [-0.4, -0.2) is 124 Å². The van der Waals surface area contributed by atoms with Crippen LogP contribution in [0, 0.1) is 0 Å². The summed E-state index contributed by atoms with van der Waals surface area (Å²) >= 11 is 0. The summed E-state index contributed by atoms with van der Waals surface area (Å²) in [6.07, 6.45) is -11.5. The van der Waals surface area contributed by atoms with Gasteiger partial charge in [0.2, 0.25) is 36.6 Å². The lowest BCUT2D eigenvalue weighted by molar-refractivity contribution is -0.185. The average molecular weight is 877 g/mol. The molecule has 0 amide bonds. The smallest absolute Gasteiger partial charge is 0.357 e. The summed E-state index contributed by atoms with van der Waals surface area (Å²) in [5.74, 6) is -18.8. The van der Waals surface area contributed by atoms with Crippen molar-refractivity contribution in [3.63, 3.8) is 0 Å². The molecule has 0 aliphatic rings. The van der Waals surface area contributed by atoms with Crippen molar-refractivity contribution in [2.24, 2.45) is 0 Å². The molecular weight excluding hydrogens is 840 g/mol. The zero-order chi connectivity index (χ0) is 47.0. The molecule has 0 aromatic heterocycles. The predicted molar refractivity (Wildman–Crippen MR) is 195 cm³/mol. The van der Waals surface area contributed by atoms with Gasteiger partial charge in [0.05, 0.1) is 0 Å². The van der Waals surface area contributed by atoms with E-state index in [1.54, 1.807) is 0 Å². The number of esters is 9. The summed E-state index contributed by atoms with van der Waals surface area (Å²) in [5, 5.41) is 28.6. The molecule has 0 spiro atoms. The SMILES string of the molecule is CC(=O)O[C@H](C(=O)O)[C@@H](OC(C)=O)C(=O)Oc1ccc(/C=C/c2cc(OC(=O)[C@H](OC(C)=O)[C@@H](OC(C)=O)C(=O)O)cc(OC(=O)[C@H](OC(C)=O)[C@@H](OC(C)=O)C(=O)O)c2)cc1. The van der Waals surface area contributed by atoms with Crippen molar-refractivity contribution in [1.29, 1.82) is 0 Å². The largest absolute Gasteiger partial charge is 0.478 e. The fourth-order valence-corrected chi connectivity index (χ4v) is 4.67. The molecule has 24 nitrogen and oxygen atoms in total. The first kappa shape index (κ1) is 50.0. The van der Waals surface area contributed by atoms with Gasteiger partial charge in [0.25, 0.3) is 0 Å². The number of benzene rings is 2. The van der Waals surface area contributed by atoms with Gasteiger partial charge in [-0.25, -0.2) is 28.8 Å². The summed E-state index contributed by atoms with van der Waals surface area (Å²) in [6.45, 7) is 4.91. The summed E-state index contributed by atoms with van der Waals surface area (Å²) in [4.78, 5) is 144. The fourth-order valence-electron chi connectivity index (χ4n) is 4.67. The zero-order valence-corrected chi connectivity index (χ0v) is 33.1. The second-order valence-corrected chi connectivity index (χ2v) is 12.1. The van der Waals surface area contributed by atoms with Crippen molar-refractivity contribution in [1.82, 2.24) is 0 Å². The van der Waals surface area contributed by atoms with Crippen LogP contribution in [0.5, 0.6) is 17.2 Å². The minimum atomic E-state index is -2.41. The third-order valence-electron chi connectivity index (χ3n) is 6.92. The molecule has 2 rings (SSSR count). The number of carboxylic acid groups (broad SMARTS) is 3. The normalized spacial score (nSPS) is 13.5. The molecule has 0 radical (unpaired) electrons. The molecule has 3 N–H and O–H groups in total. The van der Waals surface area contributed by atoms with Crippen LogP contribution in [0.3, 0.4) is 0 Å². The number of carbonyl (C=O) groups is 12. The van der Waals surface area contributed by atoms with Gasteiger partial charge in [-0.05, 0) is 35.4 Å². The van der Waals surface area contributed by atoms with Crippen LogP contribution < -0.4 is 14.2 Å². The van der Waals surface area contributed by atoms with Gasteiger partial charge >= 0.3 is 71.6 Å². The van der Waals surface area contributed by atoms with Crippen molar-refractivity contribution in [3.8, 4) is 17.2 Å². The highest BCUT2D eigenvalue weighted by molar-refractivity contribution is 5.91. The second-order valence-electron chi connectivity index (χ2n) is 12.1. The summed E-state index contributed by atoms with van der Waals surface area (Å²) < 4.78 is 43.7. The van der Waals surface area contributed by atoms with Crippen LogP contribution in [0.4, 0.5) is 0 Å². The van der Waals surface area contributed by atoms with E-state index in [0.29, 0.717) is 5.56 Å². The lowest BCUT2D eigenvalue weighted by atomic mass is 10.1. The van der Waals surface area contributed by atoms with E-state index in [1.807, 2.05) is 0 Å². The number of aliphatic carboxylic acids is 3. The van der Waals surface area contributed by atoms with Gasteiger partial charge in [-0.3, -0.25) is 28.8 Å². The lowest BCUT2D eigenvalue weighted by Gasteiger charge is -2.22. The van der Waals surface area contributed by atoms with Crippen molar-refractivity contribution in [2.75, 3.05) is 0 Å². The molecule has 2 aromatic carbocycles. The van der Waals surface area contributed by atoms with Crippen LogP contribution in [-0.2, 0) is 86.0 Å². The first-order valence-electron chi connectivity index (χ1n) is 17.2. The van der Waals surface area contributed by atoms with Gasteiger partial charge in [0.1, 0.15) is 17.2 Å². The van der Waals surface area contributed by atoms with E-state index < -0.39 is 120 Å². The van der Waals surface area contributed by atoms with Crippen molar-refractivity contribution < 1.29 is 115 Å². The maximum absolute atomic E-state index is 13.3. The molecule has 0 aliphatic heterocycles. The minimum absolute atomic E-state index is 0.0272. The Hall–Kier alpha value is -8.18. The quantitative estimate of drug-likeness (QED) is 0.0702. The van der Waals surface area contributed by atoms with Crippen LogP contribution in [0.2, 0.25) is 0 Å². The molecule has 62 heavy (non-hydrogen) atoms. The maximum atomic E-state index is 13.3. The third kappa shape index (κ3) is 16.2. The maximum Gasteiger partial charge on any atom is 0.357 e. The second kappa shape index (κ2) is 22.8. The molecule has 24 heteroatoms. The van der Waals surface area contributed by atoms with Gasteiger partial charge in [-0.2, -0.15) is 0 Å². The number of carboxylic acids is 3. The highest BCUT2D eigenvalue weighted by atomic mass is 16.6. The molecule has 6 atom stereocenters. The van der Waals surface area contributed by atoms with Gasteiger partial charge in [-0.1, -0.05) is 24.3 Å². The zero-order valence-electron chi connectivity index (χ0n) is 33.1. The molecule has 0 saturated carbocycles. The Balaban J connectivity index is 2.61. The van der Waals surface area contributed by atoms with E-state index in [9.17, 15) is 72.9 Å². The number of hydrogen-bond acceptors (Lipinski definition) is 21. The first-order valence-corrected chi connectivity index (χ1v) is 17.2. The Morgan fingerprint density at radius 2 is 0.629 bits per heavy atom. The van der Waals surface area contributed by atoms with Gasteiger partial charge in [-0.15, -0.1) is 0 Å². The molecule has 0 aliphatic carbocycles. The van der Waals surface area contributed by atoms with Crippen LogP contribution in [0.1, 0.15) is 52.7 Å². The predicted octanol–water partition coefficient (Wildman–Crippen LogP) is 0.417. The standard InChI is InChI=1S/C38H36O24/c1-16(39)54-27(33(45)46)30(57-19(4)42)36(51)60-24-11-9-22(10-12-24)7-8-23-13-25(61-37(52)31(58-20(5)43)28(34(47)48)55-17(2)40)15-26(14-23)62-38(53)32(59-21(6)44)29(35(49)50)56-18(3)41/h7-15,27-32H,1-6H3,(H,45,46)(H,47,48)(H,49,50)/b8-7+/t27-,28+,29+,30+,31+,32+/m0/s1. The van der Waals surface area contributed by atoms with Gasteiger partial charge in [0, 0.05) is 47.6 Å². The van der Waals surface area contributed by atoms with E-state index in [2.05, 4.69) is 14.2 Å². The number of carbonyl (C=O) groups excluding carboxylic acids is 9. The van der Waals surface area contributed by atoms with E-state index in [-0.39, 0.29) is 11.3 Å². The molecule has 0 unspecified atom stereocenters. The Bertz CT molecular complexity index is 2050. The van der Waals surface area contributed by atoms with Crippen molar-refractivity contribution in [2.45, 2.75) is 78.2 Å².